The number of rotatable bonds is 4. The first-order chi connectivity index (χ1) is 9.63. The summed E-state index contributed by atoms with van der Waals surface area (Å²) < 4.78 is 10.4. The Morgan fingerprint density at radius 2 is 1.80 bits per heavy atom. The predicted molar refractivity (Wildman–Crippen MR) is 78.9 cm³/mol. The average molecular weight is 298 g/mol. The van der Waals surface area contributed by atoms with Gasteiger partial charge in [-0.2, -0.15) is 0 Å². The van der Waals surface area contributed by atoms with Gasteiger partial charge >= 0.3 is 0 Å². The lowest BCUT2D eigenvalue weighted by molar-refractivity contribution is 0.0927. The first kappa shape index (κ1) is 15.0. The van der Waals surface area contributed by atoms with Gasteiger partial charge in [-0.3, -0.25) is 4.79 Å². The minimum Gasteiger partial charge on any atom is -0.493 e. The lowest BCUT2D eigenvalue weighted by Gasteiger charge is -2.25. The second-order valence-corrected chi connectivity index (χ2v) is 5.61. The average Bonchev–Trinajstić information content (AvgIpc) is 2.48. The van der Waals surface area contributed by atoms with Gasteiger partial charge in [0, 0.05) is 17.0 Å². The number of halogens is 1. The van der Waals surface area contributed by atoms with E-state index in [-0.39, 0.29) is 17.3 Å². The van der Waals surface area contributed by atoms with Crippen molar-refractivity contribution in [3.05, 3.63) is 23.8 Å². The molecular weight excluding hydrogens is 278 g/mol. The molecule has 1 amide bonds. The van der Waals surface area contributed by atoms with Gasteiger partial charge in [-0.1, -0.05) is 0 Å². The van der Waals surface area contributed by atoms with Crippen LogP contribution in [0.15, 0.2) is 18.2 Å². The molecule has 1 aliphatic carbocycles. The summed E-state index contributed by atoms with van der Waals surface area (Å²) in [7, 11) is 3.13. The molecule has 1 aromatic rings. The summed E-state index contributed by atoms with van der Waals surface area (Å²) in [6.45, 7) is 0. The zero-order valence-electron chi connectivity index (χ0n) is 11.8. The summed E-state index contributed by atoms with van der Waals surface area (Å²) >= 11 is 6.07. The Balaban J connectivity index is 2.02. The Kier molecular flexibility index (Phi) is 5.12. The van der Waals surface area contributed by atoms with E-state index in [4.69, 9.17) is 21.1 Å². The summed E-state index contributed by atoms with van der Waals surface area (Å²) in [5.41, 5.74) is 0.579. The molecule has 0 aliphatic heterocycles. The molecule has 20 heavy (non-hydrogen) atoms. The highest BCUT2D eigenvalue weighted by atomic mass is 35.5. The molecule has 0 atom stereocenters. The smallest absolute Gasteiger partial charge is 0.251 e. The maximum atomic E-state index is 12.2. The van der Waals surface area contributed by atoms with Crippen molar-refractivity contribution in [1.29, 1.82) is 0 Å². The Morgan fingerprint density at radius 3 is 2.40 bits per heavy atom. The van der Waals surface area contributed by atoms with Gasteiger partial charge in [0.05, 0.1) is 14.2 Å². The van der Waals surface area contributed by atoms with Crippen LogP contribution in [0.2, 0.25) is 0 Å². The van der Waals surface area contributed by atoms with Gasteiger partial charge in [-0.25, -0.2) is 0 Å². The first-order valence-corrected chi connectivity index (χ1v) is 7.24. The highest BCUT2D eigenvalue weighted by Crippen LogP contribution is 2.28. The highest BCUT2D eigenvalue weighted by Gasteiger charge is 2.21. The van der Waals surface area contributed by atoms with E-state index in [1.54, 1.807) is 32.4 Å². The standard InChI is InChI=1S/C15H20ClNO3/c1-19-13-8-3-10(9-14(13)20-2)15(18)17-12-6-4-11(16)5-7-12/h3,8-9,11-12H,4-7H2,1-2H3,(H,17,18). The molecule has 0 heterocycles. The van der Waals surface area contributed by atoms with Crippen LogP contribution in [0.3, 0.4) is 0 Å². The number of benzene rings is 1. The molecule has 5 heteroatoms. The van der Waals surface area contributed by atoms with E-state index >= 15 is 0 Å². The van der Waals surface area contributed by atoms with Crippen LogP contribution in [0.4, 0.5) is 0 Å². The Bertz CT molecular complexity index is 470. The van der Waals surface area contributed by atoms with Crippen LogP contribution in [0, 0.1) is 0 Å². The maximum absolute atomic E-state index is 12.2. The number of alkyl halides is 1. The van der Waals surface area contributed by atoms with Crippen molar-refractivity contribution in [2.45, 2.75) is 37.1 Å². The Hall–Kier alpha value is -1.42. The molecule has 1 saturated carbocycles. The van der Waals surface area contributed by atoms with Crippen LogP contribution >= 0.6 is 11.6 Å². The summed E-state index contributed by atoms with van der Waals surface area (Å²) in [5.74, 6) is 1.10. The molecule has 0 saturated heterocycles. The van der Waals surface area contributed by atoms with Gasteiger partial charge in [0.2, 0.25) is 0 Å². The fourth-order valence-corrected chi connectivity index (χ4v) is 2.70. The maximum Gasteiger partial charge on any atom is 0.251 e. The zero-order valence-corrected chi connectivity index (χ0v) is 12.6. The number of hydrogen-bond acceptors (Lipinski definition) is 3. The van der Waals surface area contributed by atoms with Crippen molar-refractivity contribution >= 4 is 17.5 Å². The molecule has 0 unspecified atom stereocenters. The number of amides is 1. The number of ether oxygens (including phenoxy) is 2. The summed E-state index contributed by atoms with van der Waals surface area (Å²) in [4.78, 5) is 12.2. The quantitative estimate of drug-likeness (QED) is 0.869. The van der Waals surface area contributed by atoms with Crippen molar-refractivity contribution in [1.82, 2.24) is 5.32 Å². The van der Waals surface area contributed by atoms with E-state index in [2.05, 4.69) is 5.32 Å². The lowest BCUT2D eigenvalue weighted by Crippen LogP contribution is -2.37. The van der Waals surface area contributed by atoms with Gasteiger partial charge in [-0.15, -0.1) is 11.6 Å². The normalized spacial score (nSPS) is 22.1. The predicted octanol–water partition coefficient (Wildman–Crippen LogP) is 2.98. The minimum atomic E-state index is -0.0797. The number of methoxy groups -OCH3 is 2. The molecule has 1 fully saturated rings. The molecule has 0 aromatic heterocycles. The third-order valence-electron chi connectivity index (χ3n) is 3.64. The number of nitrogens with one attached hydrogen (secondary N) is 1. The van der Waals surface area contributed by atoms with Gasteiger partial charge in [-0.05, 0) is 43.9 Å². The van der Waals surface area contributed by atoms with E-state index in [0.29, 0.717) is 17.1 Å². The SMILES string of the molecule is COc1ccc(C(=O)NC2CCC(Cl)CC2)cc1OC. The van der Waals surface area contributed by atoms with Crippen LogP contribution in [0.1, 0.15) is 36.0 Å². The summed E-state index contributed by atoms with van der Waals surface area (Å²) in [6, 6.07) is 5.39. The van der Waals surface area contributed by atoms with E-state index < -0.39 is 0 Å². The van der Waals surface area contributed by atoms with E-state index in [0.717, 1.165) is 25.7 Å². The van der Waals surface area contributed by atoms with E-state index in [9.17, 15) is 4.79 Å². The third kappa shape index (κ3) is 3.57. The Labute approximate surface area is 124 Å². The first-order valence-electron chi connectivity index (χ1n) is 6.81. The van der Waals surface area contributed by atoms with Crippen molar-refractivity contribution in [2.75, 3.05) is 14.2 Å². The van der Waals surface area contributed by atoms with Crippen molar-refractivity contribution in [3.8, 4) is 11.5 Å². The lowest BCUT2D eigenvalue weighted by atomic mass is 9.95. The molecular formula is C15H20ClNO3. The highest BCUT2D eigenvalue weighted by molar-refractivity contribution is 6.20. The molecule has 1 aliphatic rings. The van der Waals surface area contributed by atoms with E-state index in [1.165, 1.54) is 0 Å². The van der Waals surface area contributed by atoms with Crippen molar-refractivity contribution < 1.29 is 14.3 Å². The molecule has 0 spiro atoms. The van der Waals surface area contributed by atoms with Crippen molar-refractivity contribution in [2.24, 2.45) is 0 Å². The molecule has 1 N–H and O–H groups in total. The van der Waals surface area contributed by atoms with Crippen LogP contribution in [-0.4, -0.2) is 31.5 Å². The fraction of sp³-hybridized carbons (Fsp3) is 0.533. The van der Waals surface area contributed by atoms with Crippen LogP contribution in [0.25, 0.3) is 0 Å². The van der Waals surface area contributed by atoms with Gasteiger partial charge in [0.15, 0.2) is 11.5 Å². The third-order valence-corrected chi connectivity index (χ3v) is 4.07. The van der Waals surface area contributed by atoms with Crippen molar-refractivity contribution in [3.63, 3.8) is 0 Å². The number of hydrogen-bond donors (Lipinski definition) is 1. The largest absolute Gasteiger partial charge is 0.493 e. The minimum absolute atomic E-state index is 0.0797. The molecule has 110 valence electrons. The fourth-order valence-electron chi connectivity index (χ4n) is 2.44. The number of carbonyl (C=O) groups excluding carboxylic acids is 1. The van der Waals surface area contributed by atoms with Gasteiger partial charge in [0.25, 0.3) is 5.91 Å². The summed E-state index contributed by atoms with van der Waals surface area (Å²) in [5, 5.41) is 3.30. The second-order valence-electron chi connectivity index (χ2n) is 4.99. The molecule has 0 bridgehead atoms. The monoisotopic (exact) mass is 297 g/mol. The van der Waals surface area contributed by atoms with Gasteiger partial charge < -0.3 is 14.8 Å². The van der Waals surface area contributed by atoms with Crippen LogP contribution in [-0.2, 0) is 0 Å². The Morgan fingerprint density at radius 1 is 1.15 bits per heavy atom. The van der Waals surface area contributed by atoms with E-state index in [1.807, 2.05) is 0 Å². The zero-order chi connectivity index (χ0) is 14.5. The van der Waals surface area contributed by atoms with Crippen LogP contribution < -0.4 is 14.8 Å². The molecule has 0 radical (unpaired) electrons. The molecule has 2 rings (SSSR count). The van der Waals surface area contributed by atoms with Crippen LogP contribution in [0.5, 0.6) is 11.5 Å². The topological polar surface area (TPSA) is 47.6 Å². The second kappa shape index (κ2) is 6.84. The number of carbonyl (C=O) groups is 1. The molecule has 1 aromatic carbocycles. The van der Waals surface area contributed by atoms with Gasteiger partial charge in [0.1, 0.15) is 0 Å². The molecule has 4 nitrogen and oxygen atoms in total. The summed E-state index contributed by atoms with van der Waals surface area (Å²) in [6.07, 6.45) is 3.79.